The molecule has 1 rings (SSSR count). The van der Waals surface area contributed by atoms with Crippen molar-refractivity contribution in [2.45, 2.75) is 39.8 Å². The van der Waals surface area contributed by atoms with Gasteiger partial charge >= 0.3 is 0 Å². The molecular weight excluding hydrogens is 216 g/mol. The van der Waals surface area contributed by atoms with Gasteiger partial charge in [0.25, 0.3) is 0 Å². The van der Waals surface area contributed by atoms with Crippen molar-refractivity contribution < 1.29 is 9.21 Å². The molecule has 0 saturated carbocycles. The van der Waals surface area contributed by atoms with Gasteiger partial charge in [0.2, 0.25) is 5.91 Å². The van der Waals surface area contributed by atoms with E-state index in [-0.39, 0.29) is 5.91 Å². The van der Waals surface area contributed by atoms with Crippen LogP contribution in [-0.4, -0.2) is 23.4 Å². The summed E-state index contributed by atoms with van der Waals surface area (Å²) >= 11 is 0. The Balaban J connectivity index is 2.57. The lowest BCUT2D eigenvalue weighted by atomic mass is 10.0. The summed E-state index contributed by atoms with van der Waals surface area (Å²) < 4.78 is 5.00. The molecule has 0 aliphatic heterocycles. The minimum atomic E-state index is -0.401. The van der Waals surface area contributed by atoms with Gasteiger partial charge in [-0.05, 0) is 25.3 Å². The molecule has 0 aromatic carbocycles. The van der Waals surface area contributed by atoms with Crippen LogP contribution < -0.4 is 5.73 Å². The molecule has 1 aromatic rings. The van der Waals surface area contributed by atoms with E-state index < -0.39 is 6.04 Å². The zero-order valence-electron chi connectivity index (χ0n) is 10.8. The first-order chi connectivity index (χ1) is 8.04. The molecule has 0 aliphatic rings. The number of hydrogen-bond acceptors (Lipinski definition) is 3. The Hall–Kier alpha value is -1.29. The highest BCUT2D eigenvalue weighted by Gasteiger charge is 2.20. The maximum Gasteiger partial charge on any atom is 0.239 e. The molecule has 17 heavy (non-hydrogen) atoms. The van der Waals surface area contributed by atoms with Crippen molar-refractivity contribution in [2.24, 2.45) is 11.7 Å². The van der Waals surface area contributed by atoms with Crippen LogP contribution in [-0.2, 0) is 11.3 Å². The van der Waals surface area contributed by atoms with Crippen LogP contribution in [0.2, 0.25) is 0 Å². The monoisotopic (exact) mass is 238 g/mol. The molecule has 2 N–H and O–H groups in total. The summed E-state index contributed by atoms with van der Waals surface area (Å²) in [6.07, 6.45) is 3.99. The van der Waals surface area contributed by atoms with E-state index in [0.29, 0.717) is 19.0 Å². The fourth-order valence-corrected chi connectivity index (χ4v) is 1.79. The second-order valence-corrected chi connectivity index (χ2v) is 4.72. The number of furan rings is 1. The zero-order valence-corrected chi connectivity index (χ0v) is 10.8. The van der Waals surface area contributed by atoms with Gasteiger partial charge in [0, 0.05) is 18.7 Å². The van der Waals surface area contributed by atoms with Crippen LogP contribution in [0.1, 0.15) is 32.8 Å². The number of likely N-dealkylation sites (N-methyl/N-ethyl adjacent to an activating group) is 1. The van der Waals surface area contributed by atoms with Crippen LogP contribution in [0.15, 0.2) is 23.0 Å². The first kappa shape index (κ1) is 13.8. The van der Waals surface area contributed by atoms with Crippen molar-refractivity contribution in [2.75, 3.05) is 6.54 Å². The highest BCUT2D eigenvalue weighted by Crippen LogP contribution is 2.10. The minimum Gasteiger partial charge on any atom is -0.472 e. The molecule has 0 fully saturated rings. The first-order valence-corrected chi connectivity index (χ1v) is 6.10. The van der Waals surface area contributed by atoms with E-state index in [0.717, 1.165) is 12.0 Å². The molecule has 4 nitrogen and oxygen atoms in total. The topological polar surface area (TPSA) is 59.5 Å². The standard InChI is InChI=1S/C13H22N2O2/c1-4-15(8-11-5-6-17-9-11)13(16)12(14)7-10(2)3/h5-6,9-10,12H,4,7-8,14H2,1-3H3/t12-/m0/s1. The third-order valence-electron chi connectivity index (χ3n) is 2.69. The van der Waals surface area contributed by atoms with Gasteiger partial charge < -0.3 is 15.1 Å². The predicted octanol–water partition coefficient (Wildman–Crippen LogP) is 2.00. The summed E-state index contributed by atoms with van der Waals surface area (Å²) in [7, 11) is 0. The minimum absolute atomic E-state index is 0.0161. The van der Waals surface area contributed by atoms with E-state index in [4.69, 9.17) is 10.2 Å². The maximum atomic E-state index is 12.1. The Morgan fingerprint density at radius 2 is 2.24 bits per heavy atom. The lowest BCUT2D eigenvalue weighted by Gasteiger charge is -2.24. The molecule has 1 heterocycles. The van der Waals surface area contributed by atoms with E-state index in [1.165, 1.54) is 0 Å². The van der Waals surface area contributed by atoms with Gasteiger partial charge in [0.15, 0.2) is 0 Å². The van der Waals surface area contributed by atoms with E-state index >= 15 is 0 Å². The molecule has 1 atom stereocenters. The van der Waals surface area contributed by atoms with E-state index in [1.807, 2.05) is 13.0 Å². The smallest absolute Gasteiger partial charge is 0.239 e. The van der Waals surface area contributed by atoms with Gasteiger partial charge in [0.05, 0.1) is 18.6 Å². The van der Waals surface area contributed by atoms with Crippen molar-refractivity contribution in [3.63, 3.8) is 0 Å². The second-order valence-electron chi connectivity index (χ2n) is 4.72. The largest absolute Gasteiger partial charge is 0.472 e. The van der Waals surface area contributed by atoms with E-state index in [2.05, 4.69) is 13.8 Å². The Kier molecular flexibility index (Phi) is 5.22. The van der Waals surface area contributed by atoms with Crippen molar-refractivity contribution in [3.05, 3.63) is 24.2 Å². The third-order valence-corrected chi connectivity index (χ3v) is 2.69. The average molecular weight is 238 g/mol. The summed E-state index contributed by atoms with van der Waals surface area (Å²) in [5.41, 5.74) is 6.91. The normalized spacial score (nSPS) is 12.8. The fraction of sp³-hybridized carbons (Fsp3) is 0.615. The SMILES string of the molecule is CCN(Cc1ccoc1)C(=O)[C@@H](N)CC(C)C. The molecule has 4 heteroatoms. The number of hydrogen-bond donors (Lipinski definition) is 1. The molecule has 1 amide bonds. The van der Waals surface area contributed by atoms with Gasteiger partial charge in [-0.15, -0.1) is 0 Å². The van der Waals surface area contributed by atoms with Gasteiger partial charge in [-0.2, -0.15) is 0 Å². The molecule has 1 aromatic heterocycles. The highest BCUT2D eigenvalue weighted by molar-refractivity contribution is 5.81. The van der Waals surface area contributed by atoms with Crippen LogP contribution in [0.3, 0.4) is 0 Å². The van der Waals surface area contributed by atoms with Crippen LogP contribution in [0.4, 0.5) is 0 Å². The molecule has 0 aliphatic carbocycles. The lowest BCUT2D eigenvalue weighted by molar-refractivity contribution is -0.133. The second kappa shape index (κ2) is 6.45. The fourth-order valence-electron chi connectivity index (χ4n) is 1.79. The van der Waals surface area contributed by atoms with Crippen molar-refractivity contribution in [3.8, 4) is 0 Å². The van der Waals surface area contributed by atoms with E-state index in [9.17, 15) is 4.79 Å². The van der Waals surface area contributed by atoms with Crippen molar-refractivity contribution >= 4 is 5.91 Å². The lowest BCUT2D eigenvalue weighted by Crippen LogP contribution is -2.43. The molecule has 0 saturated heterocycles. The Morgan fingerprint density at radius 1 is 1.53 bits per heavy atom. The van der Waals surface area contributed by atoms with Gasteiger partial charge in [-0.25, -0.2) is 0 Å². The molecule has 0 radical (unpaired) electrons. The average Bonchev–Trinajstić information content (AvgIpc) is 2.76. The quantitative estimate of drug-likeness (QED) is 0.824. The van der Waals surface area contributed by atoms with Crippen molar-refractivity contribution in [1.29, 1.82) is 0 Å². The predicted molar refractivity (Wildman–Crippen MR) is 67.2 cm³/mol. The summed E-state index contributed by atoms with van der Waals surface area (Å²) in [5, 5.41) is 0. The first-order valence-electron chi connectivity index (χ1n) is 6.10. The number of amides is 1. The van der Waals surface area contributed by atoms with Crippen molar-refractivity contribution in [1.82, 2.24) is 4.90 Å². The Labute approximate surface area is 103 Å². The molecule has 0 bridgehead atoms. The summed E-state index contributed by atoms with van der Waals surface area (Å²) in [6, 6.07) is 1.46. The number of rotatable bonds is 6. The molecule has 0 spiro atoms. The Bertz CT molecular complexity index is 333. The zero-order chi connectivity index (χ0) is 12.8. The Morgan fingerprint density at radius 3 is 2.71 bits per heavy atom. The molecular formula is C13H22N2O2. The van der Waals surface area contributed by atoms with Crippen LogP contribution >= 0.6 is 0 Å². The number of carbonyl (C=O) groups is 1. The van der Waals surface area contributed by atoms with Crippen LogP contribution in [0.5, 0.6) is 0 Å². The summed E-state index contributed by atoms with van der Waals surface area (Å²) in [4.78, 5) is 13.9. The van der Waals surface area contributed by atoms with Crippen LogP contribution in [0.25, 0.3) is 0 Å². The maximum absolute atomic E-state index is 12.1. The number of carbonyl (C=O) groups excluding carboxylic acids is 1. The number of nitrogens with two attached hydrogens (primary N) is 1. The highest BCUT2D eigenvalue weighted by atomic mass is 16.3. The molecule has 0 unspecified atom stereocenters. The molecule has 96 valence electrons. The summed E-state index contributed by atoms with van der Waals surface area (Å²) in [5.74, 6) is 0.448. The number of nitrogens with zero attached hydrogens (tertiary/aromatic N) is 1. The van der Waals surface area contributed by atoms with Gasteiger partial charge in [0.1, 0.15) is 0 Å². The van der Waals surface area contributed by atoms with E-state index in [1.54, 1.807) is 17.4 Å². The summed E-state index contributed by atoms with van der Waals surface area (Å²) in [6.45, 7) is 7.33. The van der Waals surface area contributed by atoms with Gasteiger partial charge in [-0.1, -0.05) is 13.8 Å². The van der Waals surface area contributed by atoms with Crippen LogP contribution in [0, 0.1) is 5.92 Å². The third kappa shape index (κ3) is 4.23. The van der Waals surface area contributed by atoms with Gasteiger partial charge in [-0.3, -0.25) is 4.79 Å².